The van der Waals surface area contributed by atoms with Crippen LogP contribution in [0.4, 0.5) is 5.69 Å². The van der Waals surface area contributed by atoms with E-state index in [1.807, 2.05) is 24.3 Å². The van der Waals surface area contributed by atoms with Gasteiger partial charge in [-0.15, -0.1) is 11.3 Å². The molecule has 0 amide bonds. The Labute approximate surface area is 153 Å². The molecule has 0 radical (unpaired) electrons. The summed E-state index contributed by atoms with van der Waals surface area (Å²) in [5.41, 5.74) is 9.02. The van der Waals surface area contributed by atoms with E-state index in [4.69, 9.17) is 14.9 Å². The molecule has 2 N–H and O–H groups in total. The van der Waals surface area contributed by atoms with Gasteiger partial charge in [0.05, 0.1) is 24.3 Å². The molecule has 7 heteroatoms. The summed E-state index contributed by atoms with van der Waals surface area (Å²) in [6.45, 7) is 2.04. The molecule has 0 atom stereocenters. The van der Waals surface area contributed by atoms with Crippen molar-refractivity contribution in [1.29, 1.82) is 0 Å². The van der Waals surface area contributed by atoms with E-state index in [9.17, 15) is 4.79 Å². The molecule has 0 aliphatic heterocycles. The maximum atomic E-state index is 12.2. The monoisotopic (exact) mass is 365 g/mol. The molecule has 4 aromatic rings. The van der Waals surface area contributed by atoms with E-state index in [0.29, 0.717) is 26.5 Å². The van der Waals surface area contributed by atoms with E-state index in [2.05, 4.69) is 9.97 Å². The van der Waals surface area contributed by atoms with Gasteiger partial charge in [-0.2, -0.15) is 0 Å². The second-order valence-electron chi connectivity index (χ2n) is 5.52. The van der Waals surface area contributed by atoms with Gasteiger partial charge in [-0.05, 0) is 37.3 Å². The van der Waals surface area contributed by atoms with Crippen molar-refractivity contribution in [1.82, 2.24) is 9.97 Å². The van der Waals surface area contributed by atoms with Crippen LogP contribution in [0.2, 0.25) is 0 Å². The van der Waals surface area contributed by atoms with Gasteiger partial charge in [0.2, 0.25) is 0 Å². The summed E-state index contributed by atoms with van der Waals surface area (Å²) in [6.07, 6.45) is 5.04. The molecule has 130 valence electrons. The van der Waals surface area contributed by atoms with Gasteiger partial charge in [-0.3, -0.25) is 4.98 Å². The Kier molecular flexibility index (Phi) is 4.14. The molecule has 0 saturated heterocycles. The number of pyridine rings is 2. The molecule has 0 bridgehead atoms. The molecular weight excluding hydrogens is 350 g/mol. The number of carbonyl (C=O) groups is 1. The predicted octanol–water partition coefficient (Wildman–Crippen LogP) is 4.38. The summed E-state index contributed by atoms with van der Waals surface area (Å²) in [5, 5.41) is 0.695. The van der Waals surface area contributed by atoms with Gasteiger partial charge >= 0.3 is 5.97 Å². The molecule has 0 fully saturated rings. The topological polar surface area (TPSA) is 91.2 Å². The number of anilines is 1. The number of ether oxygens (including phenoxy) is 1. The molecule has 4 heterocycles. The Morgan fingerprint density at radius 1 is 1.35 bits per heavy atom. The van der Waals surface area contributed by atoms with Crippen LogP contribution in [-0.2, 0) is 4.74 Å². The van der Waals surface area contributed by atoms with Crippen molar-refractivity contribution < 1.29 is 13.9 Å². The van der Waals surface area contributed by atoms with Crippen LogP contribution >= 0.6 is 11.3 Å². The van der Waals surface area contributed by atoms with Crippen LogP contribution in [0.1, 0.15) is 16.6 Å². The highest BCUT2D eigenvalue weighted by atomic mass is 32.1. The largest absolute Gasteiger partial charge is 0.464 e. The summed E-state index contributed by atoms with van der Waals surface area (Å²) in [4.78, 5) is 22.1. The van der Waals surface area contributed by atoms with Crippen molar-refractivity contribution >= 4 is 33.2 Å². The standard InChI is InChI=1S/C19H15N3O3S/c1-2-24-19(23)17-16(20)15-12(14-6-4-8-25-14)9-13(22-18(15)26-17)11-5-3-7-21-10-11/h3-10H,2,20H2,1H3. The Bertz CT molecular complexity index is 1070. The maximum absolute atomic E-state index is 12.2. The zero-order valence-corrected chi connectivity index (χ0v) is 14.7. The summed E-state index contributed by atoms with van der Waals surface area (Å²) in [5.74, 6) is 0.212. The van der Waals surface area contributed by atoms with Crippen LogP contribution < -0.4 is 5.73 Å². The van der Waals surface area contributed by atoms with Gasteiger partial charge in [0.1, 0.15) is 15.5 Å². The van der Waals surface area contributed by atoms with Gasteiger partial charge < -0.3 is 14.9 Å². The number of esters is 1. The van der Waals surface area contributed by atoms with Crippen LogP contribution in [0.15, 0.2) is 53.4 Å². The van der Waals surface area contributed by atoms with Crippen molar-refractivity contribution in [3.05, 3.63) is 53.9 Å². The molecular formula is C19H15N3O3S. The number of hydrogen-bond acceptors (Lipinski definition) is 7. The first-order valence-electron chi connectivity index (χ1n) is 8.03. The Morgan fingerprint density at radius 2 is 2.23 bits per heavy atom. The fourth-order valence-corrected chi connectivity index (χ4v) is 3.77. The maximum Gasteiger partial charge on any atom is 0.350 e. The normalized spacial score (nSPS) is 11.0. The highest BCUT2D eigenvalue weighted by molar-refractivity contribution is 7.21. The number of hydrogen-bond donors (Lipinski definition) is 1. The molecule has 6 nitrogen and oxygen atoms in total. The van der Waals surface area contributed by atoms with Crippen LogP contribution in [-0.4, -0.2) is 22.5 Å². The van der Waals surface area contributed by atoms with Crippen LogP contribution in [0.25, 0.3) is 32.8 Å². The second-order valence-corrected chi connectivity index (χ2v) is 6.52. The molecule has 0 aromatic carbocycles. The first-order valence-corrected chi connectivity index (χ1v) is 8.85. The third-order valence-electron chi connectivity index (χ3n) is 3.90. The van der Waals surface area contributed by atoms with Gasteiger partial charge in [0.15, 0.2) is 0 Å². The van der Waals surface area contributed by atoms with Crippen molar-refractivity contribution in [3.63, 3.8) is 0 Å². The van der Waals surface area contributed by atoms with E-state index >= 15 is 0 Å². The Hall–Kier alpha value is -3.19. The van der Waals surface area contributed by atoms with Gasteiger partial charge in [-0.25, -0.2) is 9.78 Å². The lowest BCUT2D eigenvalue weighted by atomic mass is 10.0. The molecule has 26 heavy (non-hydrogen) atoms. The number of thiophene rings is 1. The third kappa shape index (κ3) is 2.72. The molecule has 0 spiro atoms. The highest BCUT2D eigenvalue weighted by Crippen LogP contribution is 2.41. The molecule has 0 aliphatic rings. The zero-order chi connectivity index (χ0) is 18.1. The zero-order valence-electron chi connectivity index (χ0n) is 13.9. The number of nitrogen functional groups attached to an aromatic ring is 1. The lowest BCUT2D eigenvalue weighted by molar-refractivity contribution is 0.0533. The lowest BCUT2D eigenvalue weighted by Crippen LogP contribution is -2.04. The molecule has 0 unspecified atom stereocenters. The number of nitrogens with zero attached hydrogens (tertiary/aromatic N) is 2. The Balaban J connectivity index is 1.99. The smallest absolute Gasteiger partial charge is 0.350 e. The third-order valence-corrected chi connectivity index (χ3v) is 4.98. The molecule has 0 saturated carbocycles. The lowest BCUT2D eigenvalue weighted by Gasteiger charge is -2.06. The first kappa shape index (κ1) is 16.3. The summed E-state index contributed by atoms with van der Waals surface area (Å²) in [6, 6.07) is 9.33. The van der Waals surface area contributed by atoms with Crippen LogP contribution in [0.5, 0.6) is 0 Å². The van der Waals surface area contributed by atoms with Crippen molar-refractivity contribution in [2.24, 2.45) is 0 Å². The van der Waals surface area contributed by atoms with Crippen molar-refractivity contribution in [3.8, 4) is 22.6 Å². The van der Waals surface area contributed by atoms with E-state index in [0.717, 1.165) is 16.8 Å². The number of aromatic nitrogens is 2. The van der Waals surface area contributed by atoms with Crippen molar-refractivity contribution in [2.45, 2.75) is 6.92 Å². The summed E-state index contributed by atoms with van der Waals surface area (Å²) in [7, 11) is 0. The van der Waals surface area contributed by atoms with E-state index < -0.39 is 5.97 Å². The van der Waals surface area contributed by atoms with Gasteiger partial charge in [0.25, 0.3) is 0 Å². The van der Waals surface area contributed by atoms with Crippen molar-refractivity contribution in [2.75, 3.05) is 12.3 Å². The molecule has 4 aromatic heterocycles. The average Bonchev–Trinajstić information content (AvgIpc) is 3.30. The minimum absolute atomic E-state index is 0.284. The van der Waals surface area contributed by atoms with Gasteiger partial charge in [-0.1, -0.05) is 0 Å². The van der Waals surface area contributed by atoms with E-state index in [-0.39, 0.29) is 6.61 Å². The quantitative estimate of drug-likeness (QED) is 0.540. The number of fused-ring (bicyclic) bond motifs is 1. The number of carbonyl (C=O) groups excluding carboxylic acids is 1. The minimum Gasteiger partial charge on any atom is -0.464 e. The minimum atomic E-state index is -0.443. The SMILES string of the molecule is CCOC(=O)c1sc2nc(-c3cccnc3)cc(-c3ccco3)c2c1N. The summed E-state index contributed by atoms with van der Waals surface area (Å²) >= 11 is 1.22. The molecule has 4 rings (SSSR count). The first-order chi connectivity index (χ1) is 12.7. The number of rotatable bonds is 4. The highest BCUT2D eigenvalue weighted by Gasteiger charge is 2.23. The van der Waals surface area contributed by atoms with Crippen LogP contribution in [0, 0.1) is 0 Å². The van der Waals surface area contributed by atoms with Gasteiger partial charge in [0, 0.05) is 28.9 Å². The fraction of sp³-hybridized carbons (Fsp3) is 0.105. The fourth-order valence-electron chi connectivity index (χ4n) is 2.76. The van der Waals surface area contributed by atoms with E-state index in [1.54, 1.807) is 31.6 Å². The predicted molar refractivity (Wildman–Crippen MR) is 101 cm³/mol. The van der Waals surface area contributed by atoms with Crippen LogP contribution in [0.3, 0.4) is 0 Å². The number of furan rings is 1. The number of nitrogens with two attached hydrogens (primary N) is 1. The second kappa shape index (κ2) is 6.61. The Morgan fingerprint density at radius 3 is 2.92 bits per heavy atom. The molecule has 0 aliphatic carbocycles. The summed E-state index contributed by atoms with van der Waals surface area (Å²) < 4.78 is 10.7. The van der Waals surface area contributed by atoms with E-state index in [1.165, 1.54) is 11.3 Å². The average molecular weight is 365 g/mol.